The number of rotatable bonds is 6. The summed E-state index contributed by atoms with van der Waals surface area (Å²) in [6, 6.07) is 15.9. The van der Waals surface area contributed by atoms with Crippen molar-refractivity contribution in [3.8, 4) is 0 Å². The van der Waals surface area contributed by atoms with Gasteiger partial charge in [-0.15, -0.1) is 0 Å². The van der Waals surface area contributed by atoms with Crippen molar-refractivity contribution in [1.82, 2.24) is 19.6 Å². The first-order valence-electron chi connectivity index (χ1n) is 10.1. The van der Waals surface area contributed by atoms with E-state index in [1.54, 1.807) is 6.20 Å². The zero-order chi connectivity index (χ0) is 22.0. The Balaban J connectivity index is 1.44. The van der Waals surface area contributed by atoms with Crippen LogP contribution in [0.4, 0.5) is 5.69 Å². The molecule has 4 rings (SSSR count). The summed E-state index contributed by atoms with van der Waals surface area (Å²) in [5.41, 5.74) is 6.69. The minimum absolute atomic E-state index is 0.161. The second kappa shape index (κ2) is 8.89. The number of carbonyl (C=O) groups excluding carboxylic acids is 1. The zero-order valence-corrected chi connectivity index (χ0v) is 19.3. The summed E-state index contributed by atoms with van der Waals surface area (Å²) < 4.78 is 4.77. The third kappa shape index (κ3) is 4.94. The molecule has 1 N–H and O–H groups in total. The number of aromatic nitrogens is 4. The Morgan fingerprint density at radius 3 is 2.48 bits per heavy atom. The Morgan fingerprint density at radius 2 is 1.77 bits per heavy atom. The normalized spacial score (nSPS) is 11.0. The lowest BCUT2D eigenvalue weighted by Crippen LogP contribution is -2.12. The van der Waals surface area contributed by atoms with E-state index < -0.39 is 0 Å². The van der Waals surface area contributed by atoms with Gasteiger partial charge in [-0.05, 0) is 60.0 Å². The minimum Gasteiger partial charge on any atom is -0.319 e. The second-order valence-electron chi connectivity index (χ2n) is 7.71. The van der Waals surface area contributed by atoms with Crippen LogP contribution in [0.3, 0.4) is 0 Å². The molecule has 0 atom stereocenters. The highest BCUT2D eigenvalue weighted by Gasteiger charge is 2.12. The van der Waals surface area contributed by atoms with E-state index in [-0.39, 0.29) is 5.91 Å². The van der Waals surface area contributed by atoms with Gasteiger partial charge in [-0.2, -0.15) is 10.2 Å². The fourth-order valence-corrected chi connectivity index (χ4v) is 3.81. The molecule has 0 saturated heterocycles. The number of amides is 1. The van der Waals surface area contributed by atoms with Gasteiger partial charge in [0.15, 0.2) is 0 Å². The first-order valence-corrected chi connectivity index (χ1v) is 10.9. The van der Waals surface area contributed by atoms with Crippen LogP contribution in [0.15, 0.2) is 65.4 Å². The molecule has 0 aliphatic heterocycles. The summed E-state index contributed by atoms with van der Waals surface area (Å²) in [4.78, 5) is 12.8. The summed E-state index contributed by atoms with van der Waals surface area (Å²) in [6.07, 6.45) is 3.52. The Hall–Kier alpha value is -3.19. The van der Waals surface area contributed by atoms with E-state index in [2.05, 4.69) is 56.6 Å². The SMILES string of the molecule is Cc1cccc(Cn2cc(NC(=O)c3cccc(Cn4nc(C)c(Br)c4C)c3)cn2)c1. The predicted molar refractivity (Wildman–Crippen MR) is 125 cm³/mol. The molecule has 0 bridgehead atoms. The first kappa shape index (κ1) is 21.1. The van der Waals surface area contributed by atoms with Gasteiger partial charge in [-0.25, -0.2) is 0 Å². The van der Waals surface area contributed by atoms with Gasteiger partial charge in [-0.1, -0.05) is 42.0 Å². The van der Waals surface area contributed by atoms with Gasteiger partial charge in [-0.3, -0.25) is 14.2 Å². The van der Waals surface area contributed by atoms with Crippen LogP contribution in [-0.2, 0) is 13.1 Å². The van der Waals surface area contributed by atoms with Crippen LogP contribution in [-0.4, -0.2) is 25.5 Å². The maximum atomic E-state index is 12.8. The third-order valence-electron chi connectivity index (χ3n) is 5.13. The van der Waals surface area contributed by atoms with Gasteiger partial charge in [0.2, 0.25) is 0 Å². The smallest absolute Gasteiger partial charge is 0.255 e. The molecule has 31 heavy (non-hydrogen) atoms. The number of halogens is 1. The van der Waals surface area contributed by atoms with Crippen LogP contribution < -0.4 is 5.32 Å². The van der Waals surface area contributed by atoms with Crippen LogP contribution >= 0.6 is 15.9 Å². The Kier molecular flexibility index (Phi) is 6.04. The molecule has 0 aliphatic carbocycles. The number of benzene rings is 2. The number of nitrogens with zero attached hydrogens (tertiary/aromatic N) is 4. The lowest BCUT2D eigenvalue weighted by atomic mass is 10.1. The fourth-order valence-electron chi connectivity index (χ4n) is 3.53. The second-order valence-corrected chi connectivity index (χ2v) is 8.51. The molecule has 158 valence electrons. The highest BCUT2D eigenvalue weighted by molar-refractivity contribution is 9.10. The molecule has 6 nitrogen and oxygen atoms in total. The lowest BCUT2D eigenvalue weighted by molar-refractivity contribution is 0.102. The molecule has 4 aromatic rings. The molecular formula is C24H24BrN5O. The molecule has 0 radical (unpaired) electrons. The molecule has 7 heteroatoms. The van der Waals surface area contributed by atoms with Gasteiger partial charge in [0, 0.05) is 11.8 Å². The predicted octanol–water partition coefficient (Wildman–Crippen LogP) is 5.12. The van der Waals surface area contributed by atoms with Gasteiger partial charge in [0.1, 0.15) is 0 Å². The molecule has 0 unspecified atom stereocenters. The summed E-state index contributed by atoms with van der Waals surface area (Å²) in [5.74, 6) is -0.161. The van der Waals surface area contributed by atoms with E-state index in [0.717, 1.165) is 21.4 Å². The number of hydrogen-bond acceptors (Lipinski definition) is 3. The summed E-state index contributed by atoms with van der Waals surface area (Å²) >= 11 is 3.56. The zero-order valence-electron chi connectivity index (χ0n) is 17.8. The monoisotopic (exact) mass is 477 g/mol. The van der Waals surface area contributed by atoms with Crippen molar-refractivity contribution in [3.63, 3.8) is 0 Å². The molecule has 0 saturated carbocycles. The standard InChI is InChI=1S/C24H24BrN5O/c1-16-6-4-7-19(10-16)13-29-15-22(12-26-29)27-24(31)21-9-5-8-20(11-21)14-30-18(3)23(25)17(2)28-30/h4-12,15H,13-14H2,1-3H3,(H,27,31). The summed E-state index contributed by atoms with van der Waals surface area (Å²) in [7, 11) is 0. The molecule has 1 amide bonds. The molecule has 2 aromatic heterocycles. The Morgan fingerprint density at radius 1 is 1.03 bits per heavy atom. The summed E-state index contributed by atoms with van der Waals surface area (Å²) in [6.45, 7) is 7.32. The molecule has 2 aromatic carbocycles. The highest BCUT2D eigenvalue weighted by Crippen LogP contribution is 2.21. The highest BCUT2D eigenvalue weighted by atomic mass is 79.9. The molecule has 0 spiro atoms. The van der Waals surface area contributed by atoms with Crippen molar-refractivity contribution in [2.24, 2.45) is 0 Å². The van der Waals surface area contributed by atoms with E-state index in [1.807, 2.05) is 59.7 Å². The lowest BCUT2D eigenvalue weighted by Gasteiger charge is -2.08. The number of nitrogens with one attached hydrogen (secondary N) is 1. The van der Waals surface area contributed by atoms with Crippen molar-refractivity contribution < 1.29 is 4.79 Å². The van der Waals surface area contributed by atoms with Crippen LogP contribution in [0.1, 0.15) is 38.4 Å². The number of hydrogen-bond donors (Lipinski definition) is 1. The van der Waals surface area contributed by atoms with Crippen molar-refractivity contribution >= 4 is 27.5 Å². The quantitative estimate of drug-likeness (QED) is 0.419. The van der Waals surface area contributed by atoms with Crippen LogP contribution in [0.5, 0.6) is 0 Å². The van der Waals surface area contributed by atoms with Gasteiger partial charge in [0.05, 0.1) is 40.8 Å². The van der Waals surface area contributed by atoms with Crippen molar-refractivity contribution in [2.75, 3.05) is 5.32 Å². The number of anilines is 1. The third-order valence-corrected chi connectivity index (χ3v) is 6.28. The van der Waals surface area contributed by atoms with E-state index in [1.165, 1.54) is 11.1 Å². The number of aryl methyl sites for hydroxylation is 2. The van der Waals surface area contributed by atoms with Crippen LogP contribution in [0.25, 0.3) is 0 Å². The average Bonchev–Trinajstić information content (AvgIpc) is 3.27. The van der Waals surface area contributed by atoms with Crippen molar-refractivity contribution in [3.05, 3.63) is 99.0 Å². The Labute approximate surface area is 190 Å². The average molecular weight is 478 g/mol. The van der Waals surface area contributed by atoms with Gasteiger partial charge in [0.25, 0.3) is 5.91 Å². The van der Waals surface area contributed by atoms with E-state index in [4.69, 9.17) is 0 Å². The van der Waals surface area contributed by atoms with E-state index >= 15 is 0 Å². The van der Waals surface area contributed by atoms with Gasteiger partial charge < -0.3 is 5.32 Å². The molecule has 2 heterocycles. The summed E-state index contributed by atoms with van der Waals surface area (Å²) in [5, 5.41) is 11.9. The fraction of sp³-hybridized carbons (Fsp3) is 0.208. The Bertz CT molecular complexity index is 1240. The van der Waals surface area contributed by atoms with Gasteiger partial charge >= 0.3 is 0 Å². The first-order chi connectivity index (χ1) is 14.9. The van der Waals surface area contributed by atoms with Crippen molar-refractivity contribution in [1.29, 1.82) is 0 Å². The van der Waals surface area contributed by atoms with Crippen LogP contribution in [0, 0.1) is 20.8 Å². The number of carbonyl (C=O) groups is 1. The van der Waals surface area contributed by atoms with Crippen molar-refractivity contribution in [2.45, 2.75) is 33.9 Å². The molecule has 0 aliphatic rings. The van der Waals surface area contributed by atoms with E-state index in [0.29, 0.717) is 24.3 Å². The minimum atomic E-state index is -0.161. The molecular weight excluding hydrogens is 454 g/mol. The van der Waals surface area contributed by atoms with E-state index in [9.17, 15) is 4.79 Å². The van der Waals surface area contributed by atoms with Crippen LogP contribution in [0.2, 0.25) is 0 Å². The maximum Gasteiger partial charge on any atom is 0.255 e. The topological polar surface area (TPSA) is 64.7 Å². The maximum absolute atomic E-state index is 12.8. The molecule has 0 fully saturated rings. The largest absolute Gasteiger partial charge is 0.319 e.